The molecule has 0 aromatic carbocycles. The van der Waals surface area contributed by atoms with Crippen LogP contribution in [0.25, 0.3) is 12.2 Å². The first-order valence-electron chi connectivity index (χ1n) is 4.34. The van der Waals surface area contributed by atoms with Gasteiger partial charge in [0.1, 0.15) is 0 Å². The minimum atomic E-state index is 0.731. The molecule has 0 amide bonds. The number of nitrogens with one attached hydrogen (secondary N) is 2. The first kappa shape index (κ1) is 11.5. The highest BCUT2D eigenvalue weighted by molar-refractivity contribution is 5.60. The lowest BCUT2D eigenvalue weighted by Crippen LogP contribution is -1.88. The van der Waals surface area contributed by atoms with Gasteiger partial charge in [0.25, 0.3) is 0 Å². The highest BCUT2D eigenvalue weighted by Crippen LogP contribution is 2.11. The van der Waals surface area contributed by atoms with Crippen LogP contribution in [0.5, 0.6) is 0 Å². The molecule has 1 aromatic heterocycles. The second-order valence-electron chi connectivity index (χ2n) is 2.04. The maximum atomic E-state index is 4.16. The molecule has 0 atom stereocenters. The van der Waals surface area contributed by atoms with Crippen molar-refractivity contribution >= 4 is 18.1 Å². The summed E-state index contributed by atoms with van der Waals surface area (Å²) in [7, 11) is 1.80. The quantitative estimate of drug-likeness (QED) is 0.749. The number of aromatic nitrogens is 2. The Bertz CT molecular complexity index is 248. The van der Waals surface area contributed by atoms with Crippen molar-refractivity contribution in [2.45, 2.75) is 13.8 Å². The highest BCUT2D eigenvalue weighted by atomic mass is 15.1. The number of nitrogens with zero attached hydrogens (tertiary/aromatic N) is 1. The van der Waals surface area contributed by atoms with E-state index in [9.17, 15) is 0 Å². The minimum Gasteiger partial charge on any atom is -0.359 e. The zero-order chi connectivity index (χ0) is 10.3. The van der Waals surface area contributed by atoms with Crippen molar-refractivity contribution in [3.63, 3.8) is 0 Å². The summed E-state index contributed by atoms with van der Waals surface area (Å²) in [6, 6.07) is 0. The van der Waals surface area contributed by atoms with Gasteiger partial charge < -0.3 is 10.3 Å². The number of aromatic amines is 1. The van der Waals surface area contributed by atoms with Crippen LogP contribution < -0.4 is 5.32 Å². The van der Waals surface area contributed by atoms with Crippen LogP contribution in [0, 0.1) is 0 Å². The van der Waals surface area contributed by atoms with E-state index in [0.29, 0.717) is 0 Å². The molecule has 0 aliphatic carbocycles. The predicted octanol–water partition coefficient (Wildman–Crippen LogP) is 2.76. The molecule has 0 aliphatic rings. The summed E-state index contributed by atoms with van der Waals surface area (Å²) in [5, 5.41) is 2.89. The van der Waals surface area contributed by atoms with Gasteiger partial charge >= 0.3 is 0 Å². The molecule has 13 heavy (non-hydrogen) atoms. The van der Waals surface area contributed by atoms with E-state index in [1.54, 1.807) is 19.2 Å². The van der Waals surface area contributed by atoms with E-state index in [-0.39, 0.29) is 0 Å². The average Bonchev–Trinajstić information content (AvgIpc) is 2.63. The van der Waals surface area contributed by atoms with Crippen molar-refractivity contribution in [2.24, 2.45) is 0 Å². The van der Waals surface area contributed by atoms with E-state index in [4.69, 9.17) is 0 Å². The number of imidazole rings is 1. The fourth-order valence-corrected chi connectivity index (χ4v) is 0.830. The molecule has 0 unspecified atom stereocenters. The van der Waals surface area contributed by atoms with Crippen molar-refractivity contribution in [3.8, 4) is 0 Å². The Morgan fingerprint density at radius 1 is 1.31 bits per heavy atom. The van der Waals surface area contributed by atoms with Gasteiger partial charge in [-0.05, 0) is 12.2 Å². The summed E-state index contributed by atoms with van der Waals surface area (Å²) in [4.78, 5) is 7.18. The van der Waals surface area contributed by atoms with Crippen LogP contribution in [0.2, 0.25) is 0 Å². The van der Waals surface area contributed by atoms with Crippen molar-refractivity contribution in [2.75, 3.05) is 12.4 Å². The summed E-state index contributed by atoms with van der Waals surface area (Å²) in [6.07, 6.45) is 3.40. The number of H-pyrrole nitrogens is 1. The minimum absolute atomic E-state index is 0.731. The maximum absolute atomic E-state index is 4.16. The molecule has 0 saturated heterocycles. The van der Waals surface area contributed by atoms with Gasteiger partial charge in [-0.1, -0.05) is 27.0 Å². The normalized spacial score (nSPS) is 8.23. The van der Waals surface area contributed by atoms with Crippen LogP contribution in [0.4, 0.5) is 5.95 Å². The molecule has 0 spiro atoms. The second kappa shape index (κ2) is 6.06. The van der Waals surface area contributed by atoms with Crippen molar-refractivity contribution in [3.05, 3.63) is 24.5 Å². The first-order chi connectivity index (χ1) is 6.31. The van der Waals surface area contributed by atoms with Gasteiger partial charge in [-0.15, -0.1) is 0 Å². The molecule has 2 N–H and O–H groups in total. The van der Waals surface area contributed by atoms with Gasteiger partial charge in [0.15, 0.2) is 0 Å². The molecular formula is C10H17N3. The van der Waals surface area contributed by atoms with Crippen LogP contribution in [0.1, 0.15) is 25.2 Å². The Morgan fingerprint density at radius 3 is 2.23 bits per heavy atom. The summed E-state index contributed by atoms with van der Waals surface area (Å²) >= 11 is 0. The Labute approximate surface area is 79.6 Å². The smallest absolute Gasteiger partial charge is 0.200 e. The molecule has 3 nitrogen and oxygen atoms in total. The highest BCUT2D eigenvalue weighted by Gasteiger charge is 2.01. The predicted molar refractivity (Wildman–Crippen MR) is 59.7 cm³/mol. The first-order valence-corrected chi connectivity index (χ1v) is 4.34. The number of rotatable bonds is 3. The van der Waals surface area contributed by atoms with E-state index in [2.05, 4.69) is 28.4 Å². The van der Waals surface area contributed by atoms with Gasteiger partial charge in [0, 0.05) is 7.05 Å². The molecule has 0 saturated carbocycles. The third kappa shape index (κ3) is 2.78. The van der Waals surface area contributed by atoms with Gasteiger partial charge in [0.2, 0.25) is 5.95 Å². The zero-order valence-electron chi connectivity index (χ0n) is 8.52. The van der Waals surface area contributed by atoms with Crippen LogP contribution in [-0.2, 0) is 0 Å². The molecular weight excluding hydrogens is 162 g/mol. The van der Waals surface area contributed by atoms with Gasteiger partial charge in [-0.25, -0.2) is 4.98 Å². The summed E-state index contributed by atoms with van der Waals surface area (Å²) in [5.74, 6) is 0.731. The van der Waals surface area contributed by atoms with Gasteiger partial charge in [-0.2, -0.15) is 0 Å². The maximum Gasteiger partial charge on any atom is 0.200 e. The topological polar surface area (TPSA) is 40.7 Å². The van der Waals surface area contributed by atoms with Crippen LogP contribution in [0.15, 0.2) is 13.2 Å². The van der Waals surface area contributed by atoms with E-state index in [1.165, 1.54) is 0 Å². The summed E-state index contributed by atoms with van der Waals surface area (Å²) in [5.41, 5.74) is 1.72. The van der Waals surface area contributed by atoms with E-state index in [1.807, 2.05) is 13.8 Å². The van der Waals surface area contributed by atoms with Gasteiger partial charge in [-0.3, -0.25) is 0 Å². The third-order valence-corrected chi connectivity index (χ3v) is 1.40. The van der Waals surface area contributed by atoms with Gasteiger partial charge in [0.05, 0.1) is 11.4 Å². The van der Waals surface area contributed by atoms with Crippen LogP contribution in [-0.4, -0.2) is 17.0 Å². The van der Waals surface area contributed by atoms with Crippen molar-refractivity contribution in [1.82, 2.24) is 9.97 Å². The third-order valence-electron chi connectivity index (χ3n) is 1.40. The lowest BCUT2D eigenvalue weighted by atomic mass is 10.3. The Morgan fingerprint density at radius 2 is 1.92 bits per heavy atom. The molecule has 0 fully saturated rings. The molecule has 0 radical (unpaired) electrons. The molecule has 0 bridgehead atoms. The Balaban J connectivity index is 0.000000671. The SMILES string of the molecule is C=Cc1nc(NC)[nH]c1C=C.CC. The molecule has 0 aliphatic heterocycles. The van der Waals surface area contributed by atoms with Crippen LogP contribution in [0.3, 0.4) is 0 Å². The van der Waals surface area contributed by atoms with E-state index < -0.39 is 0 Å². The average molecular weight is 179 g/mol. The zero-order valence-corrected chi connectivity index (χ0v) is 8.52. The van der Waals surface area contributed by atoms with E-state index >= 15 is 0 Å². The standard InChI is InChI=1S/C8H11N3.C2H6/c1-4-6-7(5-2)11-8(9-3)10-6;1-2/h4-5H,1-2H2,3H3,(H2,9,10,11);1-2H3. The fraction of sp³-hybridized carbons (Fsp3) is 0.300. The van der Waals surface area contributed by atoms with E-state index in [0.717, 1.165) is 17.3 Å². The number of hydrogen-bond donors (Lipinski definition) is 2. The van der Waals surface area contributed by atoms with Crippen molar-refractivity contribution in [1.29, 1.82) is 0 Å². The molecule has 1 aromatic rings. The number of hydrogen-bond acceptors (Lipinski definition) is 2. The molecule has 72 valence electrons. The Hall–Kier alpha value is -1.51. The van der Waals surface area contributed by atoms with Crippen LogP contribution >= 0.6 is 0 Å². The van der Waals surface area contributed by atoms with Crippen molar-refractivity contribution < 1.29 is 0 Å². The molecule has 1 heterocycles. The lowest BCUT2D eigenvalue weighted by molar-refractivity contribution is 1.25. The molecule has 1 rings (SSSR count). The second-order valence-corrected chi connectivity index (χ2v) is 2.04. The molecule has 3 heteroatoms. The number of anilines is 1. The fourth-order valence-electron chi connectivity index (χ4n) is 0.830. The lowest BCUT2D eigenvalue weighted by Gasteiger charge is -1.87. The Kier molecular flexibility index (Phi) is 5.35. The largest absolute Gasteiger partial charge is 0.359 e. The summed E-state index contributed by atoms with van der Waals surface area (Å²) < 4.78 is 0. The summed E-state index contributed by atoms with van der Waals surface area (Å²) in [6.45, 7) is 11.3. The monoisotopic (exact) mass is 179 g/mol.